The minimum atomic E-state index is -1.42. The molecule has 188 valence electrons. The number of amides is 4. The van der Waals surface area contributed by atoms with E-state index >= 15 is 0 Å². The largest absolute Gasteiger partial charge is 0.480 e. The molecule has 0 unspecified atom stereocenters. The zero-order valence-electron chi connectivity index (χ0n) is 19.4. The van der Waals surface area contributed by atoms with Crippen molar-refractivity contribution in [3.8, 4) is 0 Å². The number of nitrogens with one attached hydrogen (secondary N) is 4. The molecule has 12 nitrogen and oxygen atoms in total. The van der Waals surface area contributed by atoms with Gasteiger partial charge in [0.25, 0.3) is 0 Å². The van der Waals surface area contributed by atoms with Crippen LogP contribution in [-0.2, 0) is 30.4 Å². The summed E-state index contributed by atoms with van der Waals surface area (Å²) in [6, 6.07) is 4.37. The Kier molecular flexibility index (Phi) is 11.7. The summed E-state index contributed by atoms with van der Waals surface area (Å²) in [6.07, 6.45) is 0.108. The normalized spacial score (nSPS) is 14.3. The molecule has 4 amide bonds. The van der Waals surface area contributed by atoms with Crippen LogP contribution in [0.5, 0.6) is 0 Å². The van der Waals surface area contributed by atoms with Gasteiger partial charge in [0.15, 0.2) is 0 Å². The van der Waals surface area contributed by atoms with Gasteiger partial charge in [0.05, 0.1) is 12.6 Å². The van der Waals surface area contributed by atoms with Gasteiger partial charge in [-0.25, -0.2) is 0 Å². The highest BCUT2D eigenvalue weighted by Gasteiger charge is 2.31. The van der Waals surface area contributed by atoms with Crippen molar-refractivity contribution >= 4 is 29.6 Å². The van der Waals surface area contributed by atoms with Crippen LogP contribution in [-0.4, -0.2) is 77.1 Å². The molecule has 0 radical (unpaired) electrons. The van der Waals surface area contributed by atoms with Gasteiger partial charge >= 0.3 is 5.97 Å². The van der Waals surface area contributed by atoms with Crippen LogP contribution in [0.1, 0.15) is 26.3 Å². The second-order valence-corrected chi connectivity index (χ2v) is 8.13. The maximum atomic E-state index is 12.9. The maximum Gasteiger partial charge on any atom is 0.322 e. The lowest BCUT2D eigenvalue weighted by molar-refractivity contribution is -0.139. The number of aliphatic carboxylic acids is 1. The molecule has 1 rings (SSSR count). The average Bonchev–Trinajstić information content (AvgIpc) is 2.78. The van der Waals surface area contributed by atoms with Gasteiger partial charge in [-0.15, -0.1) is 0 Å². The Balaban J connectivity index is 2.94. The number of hydrogen-bond acceptors (Lipinski definition) is 7. The topological polar surface area (TPSA) is 200 Å². The van der Waals surface area contributed by atoms with Crippen LogP contribution < -0.4 is 27.0 Å². The zero-order valence-corrected chi connectivity index (χ0v) is 19.4. The Morgan fingerprint density at radius 1 is 0.853 bits per heavy atom. The predicted molar refractivity (Wildman–Crippen MR) is 122 cm³/mol. The van der Waals surface area contributed by atoms with Crippen molar-refractivity contribution in [1.29, 1.82) is 0 Å². The highest BCUT2D eigenvalue weighted by atomic mass is 16.4. The fourth-order valence-electron chi connectivity index (χ4n) is 2.89. The number of benzene rings is 1. The smallest absolute Gasteiger partial charge is 0.322 e. The van der Waals surface area contributed by atoms with Gasteiger partial charge in [-0.1, -0.05) is 44.2 Å². The number of aliphatic hydroxyl groups is 1. The van der Waals surface area contributed by atoms with Crippen LogP contribution in [0.2, 0.25) is 0 Å². The predicted octanol–water partition coefficient (Wildman–Crippen LogP) is -2.12. The van der Waals surface area contributed by atoms with Crippen molar-refractivity contribution in [2.24, 2.45) is 11.7 Å². The molecule has 1 aromatic rings. The Hall–Kier alpha value is -3.51. The lowest BCUT2D eigenvalue weighted by atomic mass is 10.0. The summed E-state index contributed by atoms with van der Waals surface area (Å²) in [5, 5.41) is 27.9. The molecule has 1 aromatic carbocycles. The van der Waals surface area contributed by atoms with Gasteiger partial charge in [0.1, 0.15) is 24.7 Å². The van der Waals surface area contributed by atoms with Crippen LogP contribution in [0.3, 0.4) is 0 Å². The molecule has 0 bridgehead atoms. The molecule has 12 heteroatoms. The molecule has 0 spiro atoms. The van der Waals surface area contributed by atoms with Crippen LogP contribution in [0.4, 0.5) is 0 Å². The Labute approximate surface area is 197 Å². The van der Waals surface area contributed by atoms with Crippen LogP contribution in [0.15, 0.2) is 30.3 Å². The van der Waals surface area contributed by atoms with E-state index in [-0.39, 0.29) is 6.42 Å². The minimum absolute atomic E-state index is 0.108. The standard InChI is InChI=1S/C22H33N5O7/c1-12(2)18(22(34)24-10-17(29)30)27-21(33)16(11-28)26-20(32)15(25-19(31)13(3)23)9-14-7-5-4-6-8-14/h4-8,12-13,15-16,18,28H,9-11,23H2,1-3H3,(H,24,34)(H,25,31)(H,26,32)(H,27,33)(H,29,30)/t13-,15-,16-,18-/m0/s1. The van der Waals surface area contributed by atoms with Crippen molar-refractivity contribution in [3.05, 3.63) is 35.9 Å². The van der Waals surface area contributed by atoms with Crippen molar-refractivity contribution in [2.45, 2.75) is 51.4 Å². The van der Waals surface area contributed by atoms with E-state index in [9.17, 15) is 29.1 Å². The number of carbonyl (C=O) groups excluding carboxylic acids is 4. The minimum Gasteiger partial charge on any atom is -0.480 e. The fourth-order valence-corrected chi connectivity index (χ4v) is 2.89. The molecular weight excluding hydrogens is 446 g/mol. The molecular formula is C22H33N5O7. The average molecular weight is 480 g/mol. The number of aliphatic hydroxyl groups excluding tert-OH is 1. The quantitative estimate of drug-likeness (QED) is 0.166. The molecule has 34 heavy (non-hydrogen) atoms. The summed E-state index contributed by atoms with van der Waals surface area (Å²) in [7, 11) is 0. The van der Waals surface area contributed by atoms with E-state index < -0.39 is 72.8 Å². The molecule has 0 aliphatic carbocycles. The van der Waals surface area contributed by atoms with E-state index in [1.54, 1.807) is 44.2 Å². The molecule has 0 aliphatic rings. The molecule has 0 aliphatic heterocycles. The number of nitrogens with two attached hydrogens (primary N) is 1. The summed E-state index contributed by atoms with van der Waals surface area (Å²) in [5.41, 5.74) is 6.33. The van der Waals surface area contributed by atoms with Gasteiger partial charge in [0, 0.05) is 6.42 Å². The zero-order chi connectivity index (χ0) is 25.8. The van der Waals surface area contributed by atoms with Crippen molar-refractivity contribution in [3.63, 3.8) is 0 Å². The number of carbonyl (C=O) groups is 5. The molecule has 4 atom stereocenters. The van der Waals surface area contributed by atoms with Gasteiger partial charge in [-0.05, 0) is 18.4 Å². The molecule has 0 saturated carbocycles. The van der Waals surface area contributed by atoms with E-state index in [2.05, 4.69) is 21.3 Å². The van der Waals surface area contributed by atoms with Gasteiger partial charge < -0.3 is 37.2 Å². The maximum absolute atomic E-state index is 12.9. The third-order valence-corrected chi connectivity index (χ3v) is 4.81. The van der Waals surface area contributed by atoms with Crippen LogP contribution in [0.25, 0.3) is 0 Å². The Bertz CT molecular complexity index is 860. The number of carboxylic acids is 1. The lowest BCUT2D eigenvalue weighted by Gasteiger charge is -2.26. The number of hydrogen-bond donors (Lipinski definition) is 7. The first-order chi connectivity index (χ1) is 16.0. The Morgan fingerprint density at radius 3 is 1.91 bits per heavy atom. The van der Waals surface area contributed by atoms with Crippen molar-refractivity contribution in [1.82, 2.24) is 21.3 Å². The van der Waals surface area contributed by atoms with E-state index in [4.69, 9.17) is 10.8 Å². The summed E-state index contributed by atoms with van der Waals surface area (Å²) in [4.78, 5) is 60.7. The highest BCUT2D eigenvalue weighted by Crippen LogP contribution is 2.06. The Morgan fingerprint density at radius 2 is 1.41 bits per heavy atom. The van der Waals surface area contributed by atoms with Crippen LogP contribution >= 0.6 is 0 Å². The monoisotopic (exact) mass is 479 g/mol. The summed E-state index contributed by atoms with van der Waals surface area (Å²) in [5.74, 6) is -4.54. The molecule has 0 heterocycles. The number of rotatable bonds is 13. The highest BCUT2D eigenvalue weighted by molar-refractivity contribution is 5.95. The van der Waals surface area contributed by atoms with Gasteiger partial charge in [-0.2, -0.15) is 0 Å². The number of carboxylic acid groups (broad SMARTS) is 1. The summed E-state index contributed by atoms with van der Waals surface area (Å²) < 4.78 is 0. The first-order valence-electron chi connectivity index (χ1n) is 10.8. The molecule has 0 saturated heterocycles. The first kappa shape index (κ1) is 28.5. The van der Waals surface area contributed by atoms with Gasteiger partial charge in [-0.3, -0.25) is 24.0 Å². The fraction of sp³-hybridized carbons (Fsp3) is 0.500. The molecule has 0 fully saturated rings. The van der Waals surface area contributed by atoms with Crippen molar-refractivity contribution < 1.29 is 34.2 Å². The van der Waals surface area contributed by atoms with E-state index in [1.165, 1.54) is 6.92 Å². The summed E-state index contributed by atoms with van der Waals surface area (Å²) in [6.45, 7) is 3.32. The van der Waals surface area contributed by atoms with E-state index in [1.807, 2.05) is 0 Å². The molecule has 8 N–H and O–H groups in total. The van der Waals surface area contributed by atoms with E-state index in [0.29, 0.717) is 0 Å². The second-order valence-electron chi connectivity index (χ2n) is 8.13. The summed E-state index contributed by atoms with van der Waals surface area (Å²) >= 11 is 0. The van der Waals surface area contributed by atoms with Crippen molar-refractivity contribution in [2.75, 3.05) is 13.2 Å². The molecule has 0 aromatic heterocycles. The second kappa shape index (κ2) is 13.9. The van der Waals surface area contributed by atoms with Crippen LogP contribution in [0, 0.1) is 5.92 Å². The lowest BCUT2D eigenvalue weighted by Crippen LogP contribution is -2.59. The third kappa shape index (κ3) is 9.55. The van der Waals surface area contributed by atoms with E-state index in [0.717, 1.165) is 5.56 Å². The van der Waals surface area contributed by atoms with Gasteiger partial charge in [0.2, 0.25) is 23.6 Å². The SMILES string of the molecule is CC(C)[C@H](NC(=O)[C@H](CO)NC(=O)[C@H](Cc1ccccc1)NC(=O)[C@H](C)N)C(=O)NCC(=O)O. The first-order valence-corrected chi connectivity index (χ1v) is 10.8. The third-order valence-electron chi connectivity index (χ3n) is 4.81.